The molecular formula is C20H23BrN2O3. The van der Waals surface area contributed by atoms with E-state index >= 15 is 0 Å². The van der Waals surface area contributed by atoms with Gasteiger partial charge in [0, 0.05) is 22.8 Å². The van der Waals surface area contributed by atoms with Crippen molar-refractivity contribution in [1.82, 2.24) is 0 Å². The van der Waals surface area contributed by atoms with E-state index in [2.05, 4.69) is 40.4 Å². The molecule has 0 aliphatic carbocycles. The molecule has 0 aliphatic heterocycles. The fourth-order valence-corrected chi connectivity index (χ4v) is 2.65. The number of carbonyl (C=O) groups is 2. The monoisotopic (exact) mass is 418 g/mol. The summed E-state index contributed by atoms with van der Waals surface area (Å²) in [7, 11) is 0. The van der Waals surface area contributed by atoms with Crippen LogP contribution in [0.4, 0.5) is 11.4 Å². The second kappa shape index (κ2) is 9.38. The molecule has 138 valence electrons. The number of hydrogen-bond donors (Lipinski definition) is 2. The zero-order valence-corrected chi connectivity index (χ0v) is 16.7. The van der Waals surface area contributed by atoms with E-state index in [9.17, 15) is 9.59 Å². The van der Waals surface area contributed by atoms with Crippen LogP contribution < -0.4 is 15.4 Å². The molecule has 0 saturated heterocycles. The lowest BCUT2D eigenvalue weighted by molar-refractivity contribution is -0.114. The number of nitrogens with one attached hydrogen (secondary N) is 2. The van der Waals surface area contributed by atoms with Crippen molar-refractivity contribution in [3.05, 3.63) is 52.5 Å². The van der Waals surface area contributed by atoms with Crippen molar-refractivity contribution in [3.8, 4) is 5.75 Å². The highest BCUT2D eigenvalue weighted by Crippen LogP contribution is 2.25. The highest BCUT2D eigenvalue weighted by Gasteiger charge is 2.14. The van der Waals surface area contributed by atoms with Gasteiger partial charge in [0.05, 0.1) is 12.2 Å². The number of benzene rings is 2. The lowest BCUT2D eigenvalue weighted by atomic mass is 10.1. The molecule has 2 rings (SSSR count). The Bertz CT molecular complexity index is 790. The molecule has 0 spiro atoms. The molecule has 2 aromatic carbocycles. The fraction of sp³-hybridized carbons (Fsp3) is 0.300. The second-order valence-corrected chi connectivity index (χ2v) is 7.30. The van der Waals surface area contributed by atoms with Gasteiger partial charge in [-0.2, -0.15) is 0 Å². The molecule has 0 radical (unpaired) electrons. The van der Waals surface area contributed by atoms with Gasteiger partial charge in [0.1, 0.15) is 5.75 Å². The summed E-state index contributed by atoms with van der Waals surface area (Å²) in [4.78, 5) is 23.9. The minimum Gasteiger partial charge on any atom is -0.493 e. The summed E-state index contributed by atoms with van der Waals surface area (Å²) in [6.07, 6.45) is 0.913. The Morgan fingerprint density at radius 1 is 1.08 bits per heavy atom. The Kier molecular flexibility index (Phi) is 7.21. The van der Waals surface area contributed by atoms with Crippen LogP contribution in [0.25, 0.3) is 0 Å². The predicted octanol–water partition coefficient (Wildman–Crippen LogP) is 5.08. The van der Waals surface area contributed by atoms with E-state index in [-0.39, 0.29) is 11.8 Å². The van der Waals surface area contributed by atoms with Crippen molar-refractivity contribution in [2.45, 2.75) is 27.2 Å². The first kappa shape index (κ1) is 20.0. The Morgan fingerprint density at radius 3 is 2.42 bits per heavy atom. The third-order valence-electron chi connectivity index (χ3n) is 3.58. The molecule has 2 N–H and O–H groups in total. The summed E-state index contributed by atoms with van der Waals surface area (Å²) < 4.78 is 6.60. The number of ether oxygens (including phenoxy) is 1. The normalized spacial score (nSPS) is 10.5. The number of rotatable bonds is 7. The second-order valence-electron chi connectivity index (χ2n) is 6.39. The maximum absolute atomic E-state index is 12.7. The number of halogens is 1. The van der Waals surface area contributed by atoms with Crippen molar-refractivity contribution in [1.29, 1.82) is 0 Å². The Hall–Kier alpha value is -2.34. The highest BCUT2D eigenvalue weighted by molar-refractivity contribution is 9.10. The summed E-state index contributed by atoms with van der Waals surface area (Å²) in [5.74, 6) is 0.635. The van der Waals surface area contributed by atoms with Crippen molar-refractivity contribution in [2.75, 3.05) is 17.2 Å². The van der Waals surface area contributed by atoms with Gasteiger partial charge in [-0.3, -0.25) is 9.59 Å². The first-order valence-corrected chi connectivity index (χ1v) is 9.26. The van der Waals surface area contributed by atoms with Gasteiger partial charge < -0.3 is 15.4 Å². The number of anilines is 2. The van der Waals surface area contributed by atoms with Gasteiger partial charge in [0.2, 0.25) is 5.91 Å². The van der Waals surface area contributed by atoms with Crippen LogP contribution in [0.3, 0.4) is 0 Å². The number of hydrogen-bond acceptors (Lipinski definition) is 3. The Labute approximate surface area is 162 Å². The van der Waals surface area contributed by atoms with Gasteiger partial charge in [0.25, 0.3) is 5.91 Å². The van der Waals surface area contributed by atoms with Crippen LogP contribution in [0.2, 0.25) is 0 Å². The lowest BCUT2D eigenvalue weighted by Crippen LogP contribution is -2.15. The molecule has 0 bridgehead atoms. The van der Waals surface area contributed by atoms with E-state index in [1.807, 2.05) is 6.07 Å². The average Bonchev–Trinajstić information content (AvgIpc) is 2.55. The molecule has 2 amide bonds. The maximum Gasteiger partial charge on any atom is 0.259 e. The minimum absolute atomic E-state index is 0.165. The molecule has 5 nitrogen and oxygen atoms in total. The van der Waals surface area contributed by atoms with Gasteiger partial charge in [-0.05, 0) is 48.7 Å². The maximum atomic E-state index is 12.7. The quantitative estimate of drug-likeness (QED) is 0.658. The van der Waals surface area contributed by atoms with Crippen molar-refractivity contribution in [3.63, 3.8) is 0 Å². The molecular weight excluding hydrogens is 396 g/mol. The standard InChI is InChI=1S/C20H23BrN2O3/c1-13(2)9-10-26-19-8-7-15(21)11-18(19)20(25)23-17-6-4-5-16(12-17)22-14(3)24/h4-8,11-13H,9-10H2,1-3H3,(H,22,24)(H,23,25). The molecule has 0 heterocycles. The van der Waals surface area contributed by atoms with E-state index < -0.39 is 0 Å². The van der Waals surface area contributed by atoms with Crippen LogP contribution in [0.5, 0.6) is 5.75 Å². The van der Waals surface area contributed by atoms with Gasteiger partial charge >= 0.3 is 0 Å². The summed E-state index contributed by atoms with van der Waals surface area (Å²) in [5, 5.41) is 5.54. The first-order valence-electron chi connectivity index (χ1n) is 8.46. The molecule has 26 heavy (non-hydrogen) atoms. The smallest absolute Gasteiger partial charge is 0.259 e. The van der Waals surface area contributed by atoms with Crippen LogP contribution in [-0.4, -0.2) is 18.4 Å². The lowest BCUT2D eigenvalue weighted by Gasteiger charge is -2.13. The third-order valence-corrected chi connectivity index (χ3v) is 4.07. The van der Waals surface area contributed by atoms with Gasteiger partial charge in [-0.15, -0.1) is 0 Å². The minimum atomic E-state index is -0.272. The van der Waals surface area contributed by atoms with Gasteiger partial charge in [-0.1, -0.05) is 35.8 Å². The molecule has 0 fully saturated rings. The molecule has 0 atom stereocenters. The van der Waals surface area contributed by atoms with E-state index in [1.54, 1.807) is 36.4 Å². The van der Waals surface area contributed by atoms with E-state index in [0.717, 1.165) is 10.9 Å². The number of amides is 2. The van der Waals surface area contributed by atoms with Crippen molar-refractivity contribution in [2.24, 2.45) is 5.92 Å². The summed E-state index contributed by atoms with van der Waals surface area (Å²) >= 11 is 3.40. The van der Waals surface area contributed by atoms with E-state index in [0.29, 0.717) is 35.2 Å². The molecule has 0 aromatic heterocycles. The highest BCUT2D eigenvalue weighted by atomic mass is 79.9. The Balaban J connectivity index is 2.15. The van der Waals surface area contributed by atoms with Gasteiger partial charge in [-0.25, -0.2) is 0 Å². The van der Waals surface area contributed by atoms with E-state index in [1.165, 1.54) is 6.92 Å². The molecule has 0 unspecified atom stereocenters. The summed E-state index contributed by atoms with van der Waals surface area (Å²) in [5.41, 5.74) is 1.67. The van der Waals surface area contributed by atoms with Crippen LogP contribution in [0, 0.1) is 5.92 Å². The first-order chi connectivity index (χ1) is 12.3. The fourth-order valence-electron chi connectivity index (χ4n) is 2.29. The van der Waals surface area contributed by atoms with Crippen LogP contribution >= 0.6 is 15.9 Å². The zero-order chi connectivity index (χ0) is 19.1. The van der Waals surface area contributed by atoms with Gasteiger partial charge in [0.15, 0.2) is 0 Å². The number of carbonyl (C=O) groups excluding carboxylic acids is 2. The molecule has 0 aliphatic rings. The topological polar surface area (TPSA) is 67.4 Å². The van der Waals surface area contributed by atoms with Crippen molar-refractivity contribution < 1.29 is 14.3 Å². The molecule has 0 saturated carbocycles. The van der Waals surface area contributed by atoms with Crippen LogP contribution in [-0.2, 0) is 4.79 Å². The third kappa shape index (κ3) is 6.19. The SMILES string of the molecule is CC(=O)Nc1cccc(NC(=O)c2cc(Br)ccc2OCCC(C)C)c1. The van der Waals surface area contributed by atoms with Crippen LogP contribution in [0.1, 0.15) is 37.6 Å². The molecule has 2 aromatic rings. The summed E-state index contributed by atoms with van der Waals surface area (Å²) in [6, 6.07) is 12.4. The zero-order valence-electron chi connectivity index (χ0n) is 15.1. The molecule has 6 heteroatoms. The predicted molar refractivity (Wildman–Crippen MR) is 108 cm³/mol. The summed E-state index contributed by atoms with van der Waals surface area (Å²) in [6.45, 7) is 6.24. The van der Waals surface area contributed by atoms with E-state index in [4.69, 9.17) is 4.74 Å². The Morgan fingerprint density at radius 2 is 1.77 bits per heavy atom. The van der Waals surface area contributed by atoms with Crippen LogP contribution in [0.15, 0.2) is 46.9 Å². The average molecular weight is 419 g/mol. The largest absolute Gasteiger partial charge is 0.493 e. The van der Waals surface area contributed by atoms with Crippen molar-refractivity contribution >= 4 is 39.1 Å².